The maximum Gasteiger partial charge on any atom is 0.255 e. The van der Waals surface area contributed by atoms with Crippen LogP contribution in [0.5, 0.6) is 0 Å². The molecule has 2 aromatic carbocycles. The van der Waals surface area contributed by atoms with E-state index in [2.05, 4.69) is 10.3 Å². The standard InChI is InChI=1S/C21H21N3O3S/c25-21(23-20-11-5-10-19-18(20)9-6-12-22-19)16-7-4-8-17(15-16)28(26,27)24-13-2-1-3-14-24/h4-12,15H,1-3,13-14H2,(H,23,25). The van der Waals surface area contributed by atoms with E-state index in [1.54, 1.807) is 30.5 Å². The van der Waals surface area contributed by atoms with Crippen LogP contribution in [0.2, 0.25) is 0 Å². The summed E-state index contributed by atoms with van der Waals surface area (Å²) in [4.78, 5) is 17.2. The molecule has 2 heterocycles. The number of hydrogen-bond acceptors (Lipinski definition) is 4. The van der Waals surface area contributed by atoms with Gasteiger partial charge >= 0.3 is 0 Å². The largest absolute Gasteiger partial charge is 0.321 e. The Morgan fingerprint density at radius 2 is 1.75 bits per heavy atom. The Bertz CT molecular complexity index is 1120. The van der Waals surface area contributed by atoms with Crippen LogP contribution in [0.3, 0.4) is 0 Å². The summed E-state index contributed by atoms with van der Waals surface area (Å²) < 4.78 is 27.3. The van der Waals surface area contributed by atoms with Gasteiger partial charge in [-0.1, -0.05) is 18.6 Å². The van der Waals surface area contributed by atoms with Gasteiger partial charge in [0.05, 0.1) is 16.1 Å². The summed E-state index contributed by atoms with van der Waals surface area (Å²) in [6, 6.07) is 15.4. The number of hydrogen-bond donors (Lipinski definition) is 1. The molecule has 144 valence electrons. The Balaban J connectivity index is 1.61. The minimum absolute atomic E-state index is 0.154. The molecule has 28 heavy (non-hydrogen) atoms. The molecule has 0 spiro atoms. The van der Waals surface area contributed by atoms with Gasteiger partial charge in [-0.25, -0.2) is 8.42 Å². The number of fused-ring (bicyclic) bond motifs is 1. The molecule has 0 unspecified atom stereocenters. The summed E-state index contributed by atoms with van der Waals surface area (Å²) in [5, 5.41) is 3.70. The van der Waals surface area contributed by atoms with Crippen molar-refractivity contribution < 1.29 is 13.2 Å². The lowest BCUT2D eigenvalue weighted by molar-refractivity contribution is 0.102. The normalized spacial score (nSPS) is 15.4. The number of nitrogens with zero attached hydrogens (tertiary/aromatic N) is 2. The fourth-order valence-electron chi connectivity index (χ4n) is 3.46. The van der Waals surface area contributed by atoms with E-state index in [4.69, 9.17) is 0 Å². The predicted octanol–water partition coefficient (Wildman–Crippen LogP) is 3.66. The molecule has 1 fully saturated rings. The second-order valence-electron chi connectivity index (χ2n) is 6.82. The van der Waals surface area contributed by atoms with Crippen molar-refractivity contribution in [3.05, 3.63) is 66.4 Å². The Morgan fingerprint density at radius 3 is 2.57 bits per heavy atom. The van der Waals surface area contributed by atoms with Crippen molar-refractivity contribution >= 4 is 32.5 Å². The maximum absolute atomic E-state index is 12.9. The number of carbonyl (C=O) groups excluding carboxylic acids is 1. The molecule has 6 nitrogen and oxygen atoms in total. The molecular formula is C21H21N3O3S. The Kier molecular flexibility index (Phi) is 5.11. The zero-order valence-corrected chi connectivity index (χ0v) is 16.2. The van der Waals surface area contributed by atoms with Gasteiger partial charge in [-0.05, 0) is 55.3 Å². The molecule has 4 rings (SSSR count). The topological polar surface area (TPSA) is 79.4 Å². The lowest BCUT2D eigenvalue weighted by atomic mass is 10.1. The van der Waals surface area contributed by atoms with E-state index in [1.165, 1.54) is 10.4 Å². The van der Waals surface area contributed by atoms with Crippen LogP contribution in [-0.4, -0.2) is 36.7 Å². The van der Waals surface area contributed by atoms with Gasteiger partial charge in [-0.2, -0.15) is 4.31 Å². The van der Waals surface area contributed by atoms with Crippen LogP contribution in [0.15, 0.2) is 65.7 Å². The highest BCUT2D eigenvalue weighted by atomic mass is 32.2. The third-order valence-corrected chi connectivity index (χ3v) is 6.84. The van der Waals surface area contributed by atoms with Crippen molar-refractivity contribution in [1.29, 1.82) is 0 Å². The van der Waals surface area contributed by atoms with Crippen molar-refractivity contribution in [3.63, 3.8) is 0 Å². The molecular weight excluding hydrogens is 374 g/mol. The lowest BCUT2D eigenvalue weighted by Gasteiger charge is -2.26. The Morgan fingerprint density at radius 1 is 0.964 bits per heavy atom. The first-order chi connectivity index (χ1) is 13.6. The zero-order chi connectivity index (χ0) is 19.6. The summed E-state index contributed by atoms with van der Waals surface area (Å²) in [6.45, 7) is 1.06. The monoisotopic (exact) mass is 395 g/mol. The first-order valence-corrected chi connectivity index (χ1v) is 10.7. The number of anilines is 1. The van der Waals surface area contributed by atoms with Crippen LogP contribution in [0.4, 0.5) is 5.69 Å². The molecule has 0 atom stereocenters. The quantitative estimate of drug-likeness (QED) is 0.731. The number of rotatable bonds is 4. The van der Waals surface area contributed by atoms with Gasteiger partial charge in [0.25, 0.3) is 5.91 Å². The fourth-order valence-corrected chi connectivity index (χ4v) is 5.02. The van der Waals surface area contributed by atoms with E-state index >= 15 is 0 Å². The summed E-state index contributed by atoms with van der Waals surface area (Å²) in [5.41, 5.74) is 1.72. The minimum atomic E-state index is -3.58. The van der Waals surface area contributed by atoms with E-state index in [-0.39, 0.29) is 10.8 Å². The number of aromatic nitrogens is 1. The zero-order valence-electron chi connectivity index (χ0n) is 15.3. The van der Waals surface area contributed by atoms with Crippen LogP contribution >= 0.6 is 0 Å². The second-order valence-corrected chi connectivity index (χ2v) is 8.76. The molecule has 1 saturated heterocycles. The summed E-state index contributed by atoms with van der Waals surface area (Å²) in [7, 11) is -3.58. The highest BCUT2D eigenvalue weighted by Gasteiger charge is 2.26. The van der Waals surface area contributed by atoms with Gasteiger partial charge in [-0.15, -0.1) is 0 Å². The first kappa shape index (κ1) is 18.6. The Labute approximate surface area is 164 Å². The SMILES string of the molecule is O=C(Nc1cccc2ncccc12)c1cccc(S(=O)(=O)N2CCCCC2)c1. The molecule has 0 saturated carbocycles. The third-order valence-electron chi connectivity index (χ3n) is 4.94. The van der Waals surface area contributed by atoms with Crippen LogP contribution < -0.4 is 5.32 Å². The fraction of sp³-hybridized carbons (Fsp3) is 0.238. The number of piperidine rings is 1. The van der Waals surface area contributed by atoms with Gasteiger partial charge in [0.15, 0.2) is 0 Å². The molecule has 1 aliphatic heterocycles. The van der Waals surface area contributed by atoms with Crippen LogP contribution in [-0.2, 0) is 10.0 Å². The van der Waals surface area contributed by atoms with Crippen LogP contribution in [0.25, 0.3) is 10.9 Å². The highest BCUT2D eigenvalue weighted by molar-refractivity contribution is 7.89. The molecule has 1 N–H and O–H groups in total. The molecule has 1 aromatic heterocycles. The van der Waals surface area contributed by atoms with Gasteiger partial charge in [-0.3, -0.25) is 9.78 Å². The number of sulfonamides is 1. The van der Waals surface area contributed by atoms with Gasteiger partial charge in [0, 0.05) is 30.2 Å². The average Bonchev–Trinajstić information content (AvgIpc) is 2.75. The smallest absolute Gasteiger partial charge is 0.255 e. The first-order valence-electron chi connectivity index (χ1n) is 9.31. The minimum Gasteiger partial charge on any atom is -0.321 e. The second kappa shape index (κ2) is 7.69. The number of nitrogens with one attached hydrogen (secondary N) is 1. The van der Waals surface area contributed by atoms with Crippen molar-refractivity contribution in [3.8, 4) is 0 Å². The number of benzene rings is 2. The van der Waals surface area contributed by atoms with Gasteiger partial charge in [0.1, 0.15) is 0 Å². The maximum atomic E-state index is 12.9. The molecule has 0 aliphatic carbocycles. The van der Waals surface area contributed by atoms with Gasteiger partial charge < -0.3 is 5.32 Å². The van der Waals surface area contributed by atoms with Crippen LogP contribution in [0, 0.1) is 0 Å². The molecule has 7 heteroatoms. The Hall–Kier alpha value is -2.77. The number of amides is 1. The summed E-state index contributed by atoms with van der Waals surface area (Å²) >= 11 is 0. The molecule has 0 radical (unpaired) electrons. The van der Waals surface area contributed by atoms with E-state index in [9.17, 15) is 13.2 Å². The van der Waals surface area contributed by atoms with Crippen molar-refractivity contribution in [2.75, 3.05) is 18.4 Å². The predicted molar refractivity (Wildman–Crippen MR) is 109 cm³/mol. The third kappa shape index (κ3) is 3.63. The number of carbonyl (C=O) groups is 1. The molecule has 0 bridgehead atoms. The van der Waals surface area contributed by atoms with Crippen molar-refractivity contribution in [2.24, 2.45) is 0 Å². The van der Waals surface area contributed by atoms with Crippen molar-refractivity contribution in [2.45, 2.75) is 24.2 Å². The summed E-state index contributed by atoms with van der Waals surface area (Å²) in [6.07, 6.45) is 4.49. The molecule has 1 aliphatic rings. The van der Waals surface area contributed by atoms with Crippen molar-refractivity contribution in [1.82, 2.24) is 9.29 Å². The van der Waals surface area contributed by atoms with E-state index in [0.717, 1.165) is 30.2 Å². The highest BCUT2D eigenvalue weighted by Crippen LogP contribution is 2.24. The van der Waals surface area contributed by atoms with E-state index in [0.29, 0.717) is 24.3 Å². The molecule has 1 amide bonds. The lowest BCUT2D eigenvalue weighted by Crippen LogP contribution is -2.35. The van der Waals surface area contributed by atoms with Crippen LogP contribution in [0.1, 0.15) is 29.6 Å². The average molecular weight is 395 g/mol. The van der Waals surface area contributed by atoms with E-state index < -0.39 is 10.0 Å². The summed E-state index contributed by atoms with van der Waals surface area (Å²) in [5.74, 6) is -0.355. The number of pyridine rings is 1. The van der Waals surface area contributed by atoms with Gasteiger partial charge in [0.2, 0.25) is 10.0 Å². The van der Waals surface area contributed by atoms with E-state index in [1.807, 2.05) is 24.3 Å². The molecule has 3 aromatic rings.